The number of ether oxygens (including phenoxy) is 1. The van der Waals surface area contributed by atoms with Crippen LogP contribution in [0.3, 0.4) is 0 Å². The summed E-state index contributed by atoms with van der Waals surface area (Å²) in [6, 6.07) is 10.3. The summed E-state index contributed by atoms with van der Waals surface area (Å²) in [4.78, 5) is 43.3. The second-order valence-electron chi connectivity index (χ2n) is 12.3. The van der Waals surface area contributed by atoms with Crippen LogP contribution in [0.1, 0.15) is 91.0 Å². The monoisotopic (exact) mass is 581 g/mol. The number of nitrogens with zero attached hydrogens (tertiary/aromatic N) is 1. The Morgan fingerprint density at radius 2 is 1.68 bits per heavy atom. The molecule has 2 aromatic rings. The van der Waals surface area contributed by atoms with Crippen LogP contribution in [0.4, 0.5) is 10.5 Å². The van der Waals surface area contributed by atoms with Crippen LogP contribution in [-0.4, -0.2) is 40.0 Å². The zero-order valence-electron chi connectivity index (χ0n) is 25.7. The van der Waals surface area contributed by atoms with E-state index in [1.165, 1.54) is 0 Å². The van der Waals surface area contributed by atoms with Gasteiger partial charge in [0.05, 0.1) is 10.7 Å². The predicted molar refractivity (Wildman–Crippen MR) is 166 cm³/mol. The predicted octanol–water partition coefficient (Wildman–Crippen LogP) is 7.27. The molecule has 0 heterocycles. The summed E-state index contributed by atoms with van der Waals surface area (Å²) in [5.41, 5.74) is 0.628. The largest absolute Gasteiger partial charge is 0.444 e. The van der Waals surface area contributed by atoms with Gasteiger partial charge in [0.2, 0.25) is 5.91 Å². The van der Waals surface area contributed by atoms with E-state index in [-0.39, 0.29) is 5.92 Å². The van der Waals surface area contributed by atoms with Gasteiger partial charge in [-0.3, -0.25) is 9.59 Å². The van der Waals surface area contributed by atoms with E-state index in [9.17, 15) is 14.4 Å². The molecule has 41 heavy (non-hydrogen) atoms. The maximum absolute atomic E-state index is 14.6. The van der Waals surface area contributed by atoms with E-state index < -0.39 is 41.1 Å². The molecule has 0 aliphatic heterocycles. The first-order chi connectivity index (χ1) is 19.0. The Kier molecular flexibility index (Phi) is 11.4. The van der Waals surface area contributed by atoms with Crippen LogP contribution >= 0.6 is 11.6 Å². The van der Waals surface area contributed by atoms with Gasteiger partial charge in [-0.1, -0.05) is 68.6 Å². The standard InChI is InChI=1S/C33H44ClN3O4/c1-11-23-17-13-14-18-24(23)28(29(38)36-27-22(5)16-15-19-25(27)34)37(33(9,10)12-2)30(39)26(20-21(3)4)35-31(40)41-32(6,7)8/h1,13-19,21,26,28H,12,20H2,2-10H3,(H,35,40)(H,36,38). The lowest BCUT2D eigenvalue weighted by Crippen LogP contribution is -2.59. The minimum absolute atomic E-state index is 0.0570. The van der Waals surface area contributed by atoms with Gasteiger partial charge in [-0.05, 0) is 83.6 Å². The third-order valence-electron chi connectivity index (χ3n) is 6.84. The number of hydrogen-bond donors (Lipinski definition) is 2. The Morgan fingerprint density at radius 1 is 1.05 bits per heavy atom. The van der Waals surface area contributed by atoms with Crippen LogP contribution in [0.5, 0.6) is 0 Å². The molecular weight excluding hydrogens is 538 g/mol. The molecule has 0 radical (unpaired) electrons. The molecule has 0 aliphatic carbocycles. The summed E-state index contributed by atoms with van der Waals surface area (Å²) < 4.78 is 5.48. The minimum atomic E-state index is -1.13. The van der Waals surface area contributed by atoms with Crippen LogP contribution < -0.4 is 10.6 Å². The van der Waals surface area contributed by atoms with E-state index in [1.807, 2.05) is 47.6 Å². The van der Waals surface area contributed by atoms with Crippen molar-refractivity contribution < 1.29 is 19.1 Å². The molecule has 0 fully saturated rings. The van der Waals surface area contributed by atoms with Crippen LogP contribution in [0.2, 0.25) is 5.02 Å². The quantitative estimate of drug-likeness (QED) is 0.289. The molecule has 8 heteroatoms. The lowest BCUT2D eigenvalue weighted by molar-refractivity contribution is -0.148. The Hall–Kier alpha value is -3.50. The van der Waals surface area contributed by atoms with Gasteiger partial charge in [0.25, 0.3) is 5.91 Å². The summed E-state index contributed by atoms with van der Waals surface area (Å²) in [7, 11) is 0. The molecule has 2 N–H and O–H groups in total. The number of nitrogens with one attached hydrogen (secondary N) is 2. The molecule has 0 aliphatic rings. The summed E-state index contributed by atoms with van der Waals surface area (Å²) in [5, 5.41) is 6.12. The highest BCUT2D eigenvalue weighted by molar-refractivity contribution is 6.34. The molecule has 0 saturated carbocycles. The van der Waals surface area contributed by atoms with Crippen molar-refractivity contribution in [1.82, 2.24) is 10.2 Å². The van der Waals surface area contributed by atoms with Gasteiger partial charge < -0.3 is 20.3 Å². The molecule has 0 spiro atoms. The number of anilines is 1. The molecule has 3 amide bonds. The number of terminal acetylenes is 1. The minimum Gasteiger partial charge on any atom is -0.444 e. The van der Waals surface area contributed by atoms with Crippen LogP contribution in [0.15, 0.2) is 42.5 Å². The summed E-state index contributed by atoms with van der Waals surface area (Å²) in [5.74, 6) is 1.83. The molecule has 7 nitrogen and oxygen atoms in total. The molecule has 2 rings (SSSR count). The fourth-order valence-corrected chi connectivity index (χ4v) is 4.77. The molecule has 2 unspecified atom stereocenters. The van der Waals surface area contributed by atoms with E-state index in [2.05, 4.69) is 16.6 Å². The fourth-order valence-electron chi connectivity index (χ4n) is 4.50. The molecular formula is C33H44ClN3O4. The normalized spacial score (nSPS) is 13.1. The smallest absolute Gasteiger partial charge is 0.408 e. The highest BCUT2D eigenvalue weighted by Crippen LogP contribution is 2.36. The number of hydrogen-bond acceptors (Lipinski definition) is 4. The number of carbonyl (C=O) groups is 3. The number of aryl methyl sites for hydroxylation is 1. The van der Waals surface area contributed by atoms with E-state index in [4.69, 9.17) is 22.8 Å². The van der Waals surface area contributed by atoms with Gasteiger partial charge in [0, 0.05) is 11.1 Å². The number of rotatable bonds is 10. The van der Waals surface area contributed by atoms with Crippen LogP contribution in [0, 0.1) is 25.2 Å². The number of amides is 3. The van der Waals surface area contributed by atoms with Gasteiger partial charge in [0.15, 0.2) is 0 Å². The summed E-state index contributed by atoms with van der Waals surface area (Å²) >= 11 is 6.47. The molecule has 0 aromatic heterocycles. The highest BCUT2D eigenvalue weighted by atomic mass is 35.5. The maximum Gasteiger partial charge on any atom is 0.408 e. The van der Waals surface area contributed by atoms with Crippen LogP contribution in [0.25, 0.3) is 0 Å². The highest BCUT2D eigenvalue weighted by Gasteiger charge is 2.44. The molecule has 222 valence electrons. The average Bonchev–Trinajstić information content (AvgIpc) is 2.87. The van der Waals surface area contributed by atoms with Crippen molar-refractivity contribution in [3.63, 3.8) is 0 Å². The Bertz CT molecular complexity index is 1270. The van der Waals surface area contributed by atoms with Crippen molar-refractivity contribution in [3.8, 4) is 12.3 Å². The first kappa shape index (κ1) is 33.7. The SMILES string of the molecule is C#Cc1ccccc1C(C(=O)Nc1c(C)cccc1Cl)N(C(=O)C(CC(C)C)NC(=O)OC(C)(C)C)C(C)(C)CC. The molecule has 0 bridgehead atoms. The number of alkyl carbamates (subject to hydrolysis) is 1. The van der Waals surface area contributed by atoms with Gasteiger partial charge >= 0.3 is 6.09 Å². The lowest BCUT2D eigenvalue weighted by atomic mass is 9.89. The zero-order chi connectivity index (χ0) is 31.1. The van der Waals surface area contributed by atoms with Crippen molar-refractivity contribution in [2.24, 2.45) is 5.92 Å². The van der Waals surface area contributed by atoms with Gasteiger partial charge in [-0.25, -0.2) is 4.79 Å². The van der Waals surface area contributed by atoms with E-state index in [1.54, 1.807) is 62.1 Å². The summed E-state index contributed by atoms with van der Waals surface area (Å²) in [6.07, 6.45) is 6.03. The van der Waals surface area contributed by atoms with Gasteiger partial charge in [-0.15, -0.1) is 6.42 Å². The fraction of sp³-hybridized carbons (Fsp3) is 0.485. The first-order valence-electron chi connectivity index (χ1n) is 14.0. The molecule has 2 atom stereocenters. The third-order valence-corrected chi connectivity index (χ3v) is 7.15. The zero-order valence-corrected chi connectivity index (χ0v) is 26.5. The number of benzene rings is 2. The second kappa shape index (κ2) is 13.9. The first-order valence-corrected chi connectivity index (χ1v) is 14.3. The second-order valence-corrected chi connectivity index (χ2v) is 12.7. The van der Waals surface area contributed by atoms with Gasteiger partial charge in [0.1, 0.15) is 17.7 Å². The lowest BCUT2D eigenvalue weighted by Gasteiger charge is -2.45. The number of para-hydroxylation sites is 1. The van der Waals surface area contributed by atoms with Crippen molar-refractivity contribution >= 4 is 35.2 Å². The van der Waals surface area contributed by atoms with E-state index in [0.29, 0.717) is 34.7 Å². The molecule has 2 aromatic carbocycles. The maximum atomic E-state index is 14.6. The number of halogens is 1. The van der Waals surface area contributed by atoms with E-state index >= 15 is 0 Å². The Labute approximate surface area is 250 Å². The molecule has 0 saturated heterocycles. The Balaban J connectivity index is 2.75. The summed E-state index contributed by atoms with van der Waals surface area (Å²) in [6.45, 7) is 16.8. The van der Waals surface area contributed by atoms with Crippen molar-refractivity contribution in [2.45, 2.75) is 98.4 Å². The van der Waals surface area contributed by atoms with Crippen molar-refractivity contribution in [3.05, 3.63) is 64.2 Å². The number of carbonyl (C=O) groups excluding carboxylic acids is 3. The topological polar surface area (TPSA) is 87.7 Å². The Morgan fingerprint density at radius 3 is 2.22 bits per heavy atom. The third kappa shape index (κ3) is 8.99. The van der Waals surface area contributed by atoms with Crippen molar-refractivity contribution in [2.75, 3.05) is 5.32 Å². The average molecular weight is 582 g/mol. The van der Waals surface area contributed by atoms with Gasteiger partial charge in [-0.2, -0.15) is 0 Å². The van der Waals surface area contributed by atoms with E-state index in [0.717, 1.165) is 5.56 Å². The van der Waals surface area contributed by atoms with Crippen molar-refractivity contribution in [1.29, 1.82) is 0 Å². The van der Waals surface area contributed by atoms with Crippen LogP contribution in [-0.2, 0) is 14.3 Å².